The minimum absolute atomic E-state index is 0.135. The zero-order chi connectivity index (χ0) is 23.9. The number of aromatic hydroxyl groups is 1. The van der Waals surface area contributed by atoms with Crippen molar-refractivity contribution in [3.63, 3.8) is 0 Å². The van der Waals surface area contributed by atoms with Crippen LogP contribution < -0.4 is 14.8 Å². The number of para-hydroxylation sites is 1. The predicted octanol–water partition coefficient (Wildman–Crippen LogP) is 6.58. The minimum Gasteiger partial charge on any atom is -0.508 e. The number of benzene rings is 2. The highest BCUT2D eigenvalue weighted by atomic mass is 16.5. The summed E-state index contributed by atoms with van der Waals surface area (Å²) in [7, 11) is 3.19. The highest BCUT2D eigenvalue weighted by Gasteiger charge is 2.33. The number of nitrogens with one attached hydrogen (secondary N) is 1. The van der Waals surface area contributed by atoms with E-state index in [1.54, 1.807) is 44.6 Å². The van der Waals surface area contributed by atoms with Crippen molar-refractivity contribution in [1.82, 2.24) is 4.90 Å². The molecule has 2 saturated carbocycles. The lowest BCUT2D eigenvalue weighted by Crippen LogP contribution is -2.44. The van der Waals surface area contributed by atoms with E-state index in [-0.39, 0.29) is 17.8 Å². The molecule has 0 heterocycles. The van der Waals surface area contributed by atoms with Crippen LogP contribution in [0.15, 0.2) is 42.5 Å². The molecule has 0 atom stereocenters. The van der Waals surface area contributed by atoms with Gasteiger partial charge in [-0.2, -0.15) is 0 Å². The van der Waals surface area contributed by atoms with Crippen LogP contribution in [0.25, 0.3) is 0 Å². The highest BCUT2D eigenvalue weighted by Crippen LogP contribution is 2.40. The Kier molecular flexibility index (Phi) is 8.20. The standard InChI is InChI=1S/C28H38N2O4/c1-33-24-16-17-27(34-2)25(18-24)29-28(32)30(19-22-10-6-7-11-26(22)31)23-14-12-21(13-15-23)20-8-4-3-5-9-20/h6-7,10-11,16-18,20-21,23,31H,3-5,8-9,12-15,19H2,1-2H3,(H,29,32). The second-order valence-corrected chi connectivity index (χ2v) is 9.72. The summed E-state index contributed by atoms with van der Waals surface area (Å²) in [4.78, 5) is 15.5. The first kappa shape index (κ1) is 24.2. The van der Waals surface area contributed by atoms with Crippen molar-refractivity contribution in [1.29, 1.82) is 0 Å². The monoisotopic (exact) mass is 466 g/mol. The Balaban J connectivity index is 1.51. The fourth-order valence-corrected chi connectivity index (χ4v) is 5.78. The molecular formula is C28H38N2O4. The summed E-state index contributed by atoms with van der Waals surface area (Å²) >= 11 is 0. The SMILES string of the molecule is COc1ccc(OC)c(NC(=O)N(Cc2ccccc2O)C2CCC(C3CCCCC3)CC2)c1. The van der Waals surface area contributed by atoms with Crippen molar-refractivity contribution >= 4 is 11.7 Å². The summed E-state index contributed by atoms with van der Waals surface area (Å²) in [5.41, 5.74) is 1.33. The van der Waals surface area contributed by atoms with Crippen LogP contribution in [-0.4, -0.2) is 36.3 Å². The molecule has 0 saturated heterocycles. The summed E-state index contributed by atoms with van der Waals surface area (Å²) in [6.45, 7) is 0.365. The van der Waals surface area contributed by atoms with Crippen molar-refractivity contribution in [2.75, 3.05) is 19.5 Å². The zero-order valence-electron chi connectivity index (χ0n) is 20.5. The normalized spacial score (nSPS) is 21.0. The molecule has 2 fully saturated rings. The molecule has 6 heteroatoms. The van der Waals surface area contributed by atoms with E-state index >= 15 is 0 Å². The van der Waals surface area contributed by atoms with Crippen LogP contribution in [0.3, 0.4) is 0 Å². The Bertz CT molecular complexity index is 949. The molecule has 4 rings (SSSR count). The van der Waals surface area contributed by atoms with Crippen molar-refractivity contribution in [3.8, 4) is 17.2 Å². The van der Waals surface area contributed by atoms with Gasteiger partial charge < -0.3 is 24.8 Å². The first-order chi connectivity index (χ1) is 16.6. The van der Waals surface area contributed by atoms with E-state index in [2.05, 4.69) is 5.32 Å². The summed E-state index contributed by atoms with van der Waals surface area (Å²) in [5.74, 6) is 3.09. The molecule has 0 bridgehead atoms. The predicted molar refractivity (Wildman–Crippen MR) is 135 cm³/mol. The molecule has 2 N–H and O–H groups in total. The van der Waals surface area contributed by atoms with E-state index < -0.39 is 0 Å². The van der Waals surface area contributed by atoms with E-state index in [0.717, 1.165) is 30.2 Å². The Morgan fingerprint density at radius 2 is 1.65 bits per heavy atom. The molecule has 2 aliphatic carbocycles. The van der Waals surface area contributed by atoms with Gasteiger partial charge in [-0.05, 0) is 55.7 Å². The van der Waals surface area contributed by atoms with Gasteiger partial charge >= 0.3 is 6.03 Å². The number of phenolic OH excluding ortho intramolecular Hbond substituents is 1. The molecule has 6 nitrogen and oxygen atoms in total. The number of ether oxygens (including phenoxy) is 2. The maximum absolute atomic E-state index is 13.6. The van der Waals surface area contributed by atoms with Crippen molar-refractivity contribution < 1.29 is 19.4 Å². The molecule has 0 aliphatic heterocycles. The largest absolute Gasteiger partial charge is 0.508 e. The number of methoxy groups -OCH3 is 2. The van der Waals surface area contributed by atoms with Crippen LogP contribution in [0.5, 0.6) is 17.2 Å². The molecule has 2 aromatic carbocycles. The number of carbonyl (C=O) groups excluding carboxylic acids is 1. The Labute approximate surface area is 203 Å². The number of nitrogens with zero attached hydrogens (tertiary/aromatic N) is 1. The van der Waals surface area contributed by atoms with Crippen LogP contribution in [0.4, 0.5) is 10.5 Å². The zero-order valence-corrected chi connectivity index (χ0v) is 20.5. The molecule has 0 aromatic heterocycles. The lowest BCUT2D eigenvalue weighted by atomic mass is 9.72. The molecule has 184 valence electrons. The van der Waals surface area contributed by atoms with E-state index in [9.17, 15) is 9.90 Å². The van der Waals surface area contributed by atoms with Gasteiger partial charge in [0, 0.05) is 17.7 Å². The summed E-state index contributed by atoms with van der Waals surface area (Å²) in [5, 5.41) is 13.4. The molecule has 0 unspecified atom stereocenters. The van der Waals surface area contributed by atoms with Crippen molar-refractivity contribution in [2.24, 2.45) is 11.8 Å². The lowest BCUT2D eigenvalue weighted by molar-refractivity contribution is 0.120. The number of carbonyl (C=O) groups is 1. The molecule has 0 radical (unpaired) electrons. The average Bonchev–Trinajstić information content (AvgIpc) is 2.88. The molecule has 2 aromatic rings. The smallest absolute Gasteiger partial charge is 0.322 e. The summed E-state index contributed by atoms with van der Waals surface area (Å²) in [6, 6.07) is 12.6. The number of hydrogen-bond donors (Lipinski definition) is 2. The van der Waals surface area contributed by atoms with Gasteiger partial charge in [-0.3, -0.25) is 0 Å². The minimum atomic E-state index is -0.184. The Hall–Kier alpha value is -2.89. The Morgan fingerprint density at radius 1 is 0.941 bits per heavy atom. The van der Waals surface area contributed by atoms with Crippen LogP contribution in [-0.2, 0) is 6.54 Å². The third-order valence-corrected chi connectivity index (χ3v) is 7.74. The van der Waals surface area contributed by atoms with Gasteiger partial charge in [0.25, 0.3) is 0 Å². The topological polar surface area (TPSA) is 71.0 Å². The van der Waals surface area contributed by atoms with Gasteiger partial charge in [0.15, 0.2) is 0 Å². The second-order valence-electron chi connectivity index (χ2n) is 9.72. The second kappa shape index (κ2) is 11.5. The summed E-state index contributed by atoms with van der Waals surface area (Å²) in [6.07, 6.45) is 11.2. The number of anilines is 1. The van der Waals surface area contributed by atoms with Crippen LogP contribution in [0, 0.1) is 11.8 Å². The maximum atomic E-state index is 13.6. The first-order valence-electron chi connectivity index (χ1n) is 12.7. The van der Waals surface area contributed by atoms with Crippen LogP contribution >= 0.6 is 0 Å². The van der Waals surface area contributed by atoms with E-state index in [4.69, 9.17) is 9.47 Å². The van der Waals surface area contributed by atoms with Crippen LogP contribution in [0.1, 0.15) is 63.4 Å². The highest BCUT2D eigenvalue weighted by molar-refractivity contribution is 5.91. The van der Waals surface area contributed by atoms with Gasteiger partial charge in [-0.15, -0.1) is 0 Å². The number of urea groups is 1. The maximum Gasteiger partial charge on any atom is 0.322 e. The van der Waals surface area contributed by atoms with Crippen molar-refractivity contribution in [2.45, 2.75) is 70.4 Å². The lowest BCUT2D eigenvalue weighted by Gasteiger charge is -2.40. The summed E-state index contributed by atoms with van der Waals surface area (Å²) < 4.78 is 10.8. The first-order valence-corrected chi connectivity index (χ1v) is 12.7. The molecular weight excluding hydrogens is 428 g/mol. The fraction of sp³-hybridized carbons (Fsp3) is 0.536. The third-order valence-electron chi connectivity index (χ3n) is 7.74. The van der Waals surface area contributed by atoms with Gasteiger partial charge in [-0.25, -0.2) is 4.79 Å². The third kappa shape index (κ3) is 5.78. The van der Waals surface area contributed by atoms with E-state index in [0.29, 0.717) is 23.7 Å². The number of hydrogen-bond acceptors (Lipinski definition) is 4. The number of phenols is 1. The van der Waals surface area contributed by atoms with E-state index in [1.165, 1.54) is 44.9 Å². The molecule has 0 spiro atoms. The molecule has 2 amide bonds. The van der Waals surface area contributed by atoms with Gasteiger partial charge in [0.1, 0.15) is 17.2 Å². The Morgan fingerprint density at radius 3 is 2.32 bits per heavy atom. The number of rotatable bonds is 7. The molecule has 2 aliphatic rings. The van der Waals surface area contributed by atoms with Gasteiger partial charge in [-0.1, -0.05) is 50.3 Å². The number of amides is 2. The quantitative estimate of drug-likeness (QED) is 0.483. The fourth-order valence-electron chi connectivity index (χ4n) is 5.78. The van der Waals surface area contributed by atoms with Gasteiger partial charge in [0.2, 0.25) is 0 Å². The van der Waals surface area contributed by atoms with Crippen LogP contribution in [0.2, 0.25) is 0 Å². The average molecular weight is 467 g/mol. The van der Waals surface area contributed by atoms with Gasteiger partial charge in [0.05, 0.1) is 26.5 Å². The molecule has 34 heavy (non-hydrogen) atoms. The van der Waals surface area contributed by atoms with E-state index in [1.807, 2.05) is 17.0 Å². The van der Waals surface area contributed by atoms with Crippen molar-refractivity contribution in [3.05, 3.63) is 48.0 Å².